The third-order valence-electron chi connectivity index (χ3n) is 2.99. The predicted octanol–water partition coefficient (Wildman–Crippen LogP) is 0.801. The number of hydrogen-bond acceptors (Lipinski definition) is 3. The minimum atomic E-state index is 0. The maximum absolute atomic E-state index is 12.2. The Kier molecular flexibility index (Phi) is 3.84. The number of hydrogen-bond donors (Lipinski definition) is 1. The lowest BCUT2D eigenvalue weighted by Crippen LogP contribution is -2.46. The minimum Gasteiger partial charge on any atom is -0.335 e. The quantitative estimate of drug-likeness (QED) is 0.831. The van der Waals surface area contributed by atoms with Gasteiger partial charge in [-0.05, 0) is 12.1 Å². The lowest BCUT2D eigenvalue weighted by atomic mass is 10.3. The van der Waals surface area contributed by atoms with Crippen LogP contribution in [0.2, 0.25) is 0 Å². The van der Waals surface area contributed by atoms with Crippen molar-refractivity contribution in [2.75, 3.05) is 26.2 Å². The van der Waals surface area contributed by atoms with Gasteiger partial charge in [0.1, 0.15) is 11.3 Å². The average molecular weight is 267 g/mol. The highest BCUT2D eigenvalue weighted by molar-refractivity contribution is 5.93. The van der Waals surface area contributed by atoms with Gasteiger partial charge < -0.3 is 14.6 Å². The summed E-state index contributed by atoms with van der Waals surface area (Å²) in [4.78, 5) is 18.4. The Hall–Kier alpha value is -1.59. The van der Waals surface area contributed by atoms with Crippen molar-refractivity contribution >= 4 is 24.0 Å². The van der Waals surface area contributed by atoms with E-state index in [0.29, 0.717) is 5.69 Å². The van der Waals surface area contributed by atoms with Crippen LogP contribution in [0, 0.1) is 0 Å². The van der Waals surface area contributed by atoms with Crippen LogP contribution in [0.25, 0.3) is 5.65 Å². The molecule has 0 aromatic carbocycles. The molecule has 1 saturated heterocycles. The second-order valence-corrected chi connectivity index (χ2v) is 4.13. The first-order chi connectivity index (χ1) is 8.34. The fourth-order valence-corrected chi connectivity index (χ4v) is 2.07. The van der Waals surface area contributed by atoms with Crippen molar-refractivity contribution in [3.8, 4) is 0 Å². The molecule has 0 radical (unpaired) electrons. The summed E-state index contributed by atoms with van der Waals surface area (Å²) in [6.45, 7) is 3.23. The zero-order valence-electron chi connectivity index (χ0n) is 9.87. The molecule has 2 aromatic heterocycles. The standard InChI is InChI=1S/C12H14N4O.ClH/c17-12(15-7-4-13-5-8-15)10-9-16-6-2-1-3-11(16)14-10;/h1-3,6,9,13H,4-5,7-8H2;1H. The molecule has 0 atom stereocenters. The van der Waals surface area contributed by atoms with E-state index in [9.17, 15) is 4.79 Å². The third-order valence-corrected chi connectivity index (χ3v) is 2.99. The molecule has 2 aromatic rings. The molecule has 0 saturated carbocycles. The lowest BCUT2D eigenvalue weighted by molar-refractivity contribution is 0.0730. The van der Waals surface area contributed by atoms with E-state index in [0.717, 1.165) is 31.8 Å². The van der Waals surface area contributed by atoms with E-state index in [-0.39, 0.29) is 18.3 Å². The number of carbonyl (C=O) groups is 1. The summed E-state index contributed by atoms with van der Waals surface area (Å²) in [5.74, 6) is 0.0233. The van der Waals surface area contributed by atoms with E-state index in [1.165, 1.54) is 0 Å². The second-order valence-electron chi connectivity index (χ2n) is 4.13. The molecular formula is C12H15ClN4O. The summed E-state index contributed by atoms with van der Waals surface area (Å²) in [7, 11) is 0. The number of nitrogens with one attached hydrogen (secondary N) is 1. The number of fused-ring (bicyclic) bond motifs is 1. The molecule has 1 aliphatic heterocycles. The van der Waals surface area contributed by atoms with Gasteiger partial charge in [-0.2, -0.15) is 0 Å². The van der Waals surface area contributed by atoms with Gasteiger partial charge in [0.25, 0.3) is 5.91 Å². The molecule has 96 valence electrons. The summed E-state index contributed by atoms with van der Waals surface area (Å²) >= 11 is 0. The zero-order valence-corrected chi connectivity index (χ0v) is 10.7. The van der Waals surface area contributed by atoms with Gasteiger partial charge in [-0.25, -0.2) is 4.98 Å². The SMILES string of the molecule is Cl.O=C(c1cn2ccccc2n1)N1CCNCC1. The molecule has 0 spiro atoms. The Bertz CT molecular complexity index is 515. The van der Waals surface area contributed by atoms with Crippen LogP contribution in [-0.4, -0.2) is 46.4 Å². The summed E-state index contributed by atoms with van der Waals surface area (Å²) in [5, 5.41) is 3.23. The van der Waals surface area contributed by atoms with E-state index in [1.54, 1.807) is 6.20 Å². The zero-order chi connectivity index (χ0) is 11.7. The van der Waals surface area contributed by atoms with Crippen molar-refractivity contribution in [2.24, 2.45) is 0 Å². The second kappa shape index (κ2) is 5.37. The Morgan fingerprint density at radius 2 is 2.06 bits per heavy atom. The highest BCUT2D eigenvalue weighted by atomic mass is 35.5. The van der Waals surface area contributed by atoms with Gasteiger partial charge in [-0.1, -0.05) is 6.07 Å². The van der Waals surface area contributed by atoms with Crippen molar-refractivity contribution in [2.45, 2.75) is 0 Å². The number of piperazine rings is 1. The minimum absolute atomic E-state index is 0. The van der Waals surface area contributed by atoms with E-state index < -0.39 is 0 Å². The van der Waals surface area contributed by atoms with Gasteiger partial charge in [0.2, 0.25) is 0 Å². The number of imidazole rings is 1. The smallest absolute Gasteiger partial charge is 0.274 e. The Morgan fingerprint density at radius 1 is 1.28 bits per heavy atom. The number of pyridine rings is 1. The number of carbonyl (C=O) groups excluding carboxylic acids is 1. The van der Waals surface area contributed by atoms with Crippen LogP contribution in [-0.2, 0) is 0 Å². The van der Waals surface area contributed by atoms with E-state index in [4.69, 9.17) is 0 Å². The summed E-state index contributed by atoms with van der Waals surface area (Å²) in [6.07, 6.45) is 3.69. The van der Waals surface area contributed by atoms with Gasteiger partial charge in [0.05, 0.1) is 0 Å². The molecule has 0 aliphatic carbocycles. The maximum Gasteiger partial charge on any atom is 0.274 e. The Morgan fingerprint density at radius 3 is 2.78 bits per heavy atom. The van der Waals surface area contributed by atoms with Crippen LogP contribution < -0.4 is 5.32 Å². The number of halogens is 1. The van der Waals surface area contributed by atoms with E-state index >= 15 is 0 Å². The molecule has 1 fully saturated rings. The average Bonchev–Trinajstić information content (AvgIpc) is 2.82. The fourth-order valence-electron chi connectivity index (χ4n) is 2.07. The summed E-state index contributed by atoms with van der Waals surface area (Å²) < 4.78 is 1.87. The molecule has 3 rings (SSSR count). The molecule has 1 amide bonds. The normalized spacial score (nSPS) is 15.4. The molecule has 6 heteroatoms. The topological polar surface area (TPSA) is 49.6 Å². The molecule has 0 unspecified atom stereocenters. The number of aromatic nitrogens is 2. The third kappa shape index (κ3) is 2.32. The highest BCUT2D eigenvalue weighted by Crippen LogP contribution is 2.08. The monoisotopic (exact) mass is 266 g/mol. The highest BCUT2D eigenvalue weighted by Gasteiger charge is 2.20. The van der Waals surface area contributed by atoms with Crippen LogP contribution in [0.3, 0.4) is 0 Å². The first-order valence-electron chi connectivity index (χ1n) is 5.78. The molecule has 5 nitrogen and oxygen atoms in total. The molecule has 0 bridgehead atoms. The van der Waals surface area contributed by atoms with Gasteiger partial charge >= 0.3 is 0 Å². The van der Waals surface area contributed by atoms with Crippen molar-refractivity contribution in [1.82, 2.24) is 19.6 Å². The van der Waals surface area contributed by atoms with Gasteiger partial charge in [-0.3, -0.25) is 4.79 Å². The van der Waals surface area contributed by atoms with E-state index in [2.05, 4.69) is 10.3 Å². The predicted molar refractivity (Wildman–Crippen MR) is 71.2 cm³/mol. The van der Waals surface area contributed by atoms with Crippen LogP contribution >= 0.6 is 12.4 Å². The molecule has 3 heterocycles. The van der Waals surface area contributed by atoms with Crippen molar-refractivity contribution in [1.29, 1.82) is 0 Å². The maximum atomic E-state index is 12.2. The van der Waals surface area contributed by atoms with Crippen LogP contribution in [0.4, 0.5) is 0 Å². The molecule has 18 heavy (non-hydrogen) atoms. The Balaban J connectivity index is 0.00000120. The molecular weight excluding hydrogens is 252 g/mol. The summed E-state index contributed by atoms with van der Waals surface area (Å²) in [5.41, 5.74) is 1.34. The van der Waals surface area contributed by atoms with Crippen LogP contribution in [0.5, 0.6) is 0 Å². The molecule has 1 N–H and O–H groups in total. The Labute approximate surface area is 111 Å². The summed E-state index contributed by atoms with van der Waals surface area (Å²) in [6, 6.07) is 5.74. The van der Waals surface area contributed by atoms with Crippen molar-refractivity contribution in [3.63, 3.8) is 0 Å². The largest absolute Gasteiger partial charge is 0.335 e. The number of rotatable bonds is 1. The number of amides is 1. The number of nitrogens with zero attached hydrogens (tertiary/aromatic N) is 3. The van der Waals surface area contributed by atoms with Crippen molar-refractivity contribution < 1.29 is 4.79 Å². The van der Waals surface area contributed by atoms with Gasteiger partial charge in [0.15, 0.2) is 0 Å². The first-order valence-corrected chi connectivity index (χ1v) is 5.78. The fraction of sp³-hybridized carbons (Fsp3) is 0.333. The van der Waals surface area contributed by atoms with Crippen LogP contribution in [0.1, 0.15) is 10.5 Å². The molecule has 1 aliphatic rings. The van der Waals surface area contributed by atoms with E-state index in [1.807, 2.05) is 33.7 Å². The van der Waals surface area contributed by atoms with Crippen molar-refractivity contribution in [3.05, 3.63) is 36.3 Å². The lowest BCUT2D eigenvalue weighted by Gasteiger charge is -2.26. The van der Waals surface area contributed by atoms with Gasteiger partial charge in [0, 0.05) is 38.6 Å². The van der Waals surface area contributed by atoms with Crippen LogP contribution in [0.15, 0.2) is 30.6 Å². The first kappa shape index (κ1) is 12.9. The van der Waals surface area contributed by atoms with Gasteiger partial charge in [-0.15, -0.1) is 12.4 Å².